The van der Waals surface area contributed by atoms with Crippen LogP contribution < -0.4 is 5.32 Å². The number of hydrogen-bond donors (Lipinski definition) is 2. The monoisotopic (exact) mass is 460 g/mol. The number of carboxylic acids is 1. The van der Waals surface area contributed by atoms with E-state index in [9.17, 15) is 14.7 Å². The fourth-order valence-corrected chi connectivity index (χ4v) is 4.56. The lowest BCUT2D eigenvalue weighted by atomic mass is 9.91. The van der Waals surface area contributed by atoms with Gasteiger partial charge in [0.25, 0.3) is 0 Å². The van der Waals surface area contributed by atoms with Gasteiger partial charge in [-0.15, -0.1) is 0 Å². The van der Waals surface area contributed by atoms with Gasteiger partial charge in [0.1, 0.15) is 11.6 Å². The number of carbonyl (C=O) groups is 2. The summed E-state index contributed by atoms with van der Waals surface area (Å²) in [5.41, 5.74) is 0.205. The highest BCUT2D eigenvalue weighted by Gasteiger charge is 2.30. The van der Waals surface area contributed by atoms with Gasteiger partial charge in [-0.2, -0.15) is 0 Å². The molecule has 0 bridgehead atoms. The zero-order valence-electron chi connectivity index (χ0n) is 21.0. The van der Waals surface area contributed by atoms with Crippen LogP contribution in [0.3, 0.4) is 0 Å². The molecule has 2 aliphatic carbocycles. The van der Waals surface area contributed by atoms with E-state index in [-0.39, 0.29) is 6.42 Å². The zero-order valence-corrected chi connectivity index (χ0v) is 21.0. The molecule has 3 rings (SSSR count). The molecule has 0 aliphatic heterocycles. The van der Waals surface area contributed by atoms with Gasteiger partial charge in [-0.05, 0) is 52.0 Å². The van der Waals surface area contributed by atoms with Crippen LogP contribution in [0.1, 0.15) is 90.5 Å². The lowest BCUT2D eigenvalue weighted by molar-refractivity contribution is -0.142. The molecule has 0 spiro atoms. The van der Waals surface area contributed by atoms with Crippen molar-refractivity contribution in [3.63, 3.8) is 0 Å². The van der Waals surface area contributed by atoms with Crippen LogP contribution in [0.4, 0.5) is 4.79 Å². The molecule has 6 nitrogen and oxygen atoms in total. The van der Waals surface area contributed by atoms with E-state index in [0.29, 0.717) is 0 Å². The van der Waals surface area contributed by atoms with Crippen molar-refractivity contribution in [1.29, 1.82) is 0 Å². The lowest BCUT2D eigenvalue weighted by Crippen LogP contribution is -2.46. The smallest absolute Gasteiger partial charge is 0.410 e. The maximum atomic E-state index is 11.9. The van der Waals surface area contributed by atoms with Gasteiger partial charge in [0, 0.05) is 25.6 Å². The van der Waals surface area contributed by atoms with Crippen molar-refractivity contribution in [2.75, 3.05) is 7.05 Å². The predicted molar refractivity (Wildman–Crippen MR) is 132 cm³/mol. The summed E-state index contributed by atoms with van der Waals surface area (Å²) >= 11 is 0. The number of nitrogens with one attached hydrogen (secondary N) is 1. The number of carbonyl (C=O) groups excluding carboxylic acids is 1. The molecule has 186 valence electrons. The number of rotatable bonds is 6. The molecular weight excluding hydrogens is 416 g/mol. The maximum absolute atomic E-state index is 11.9. The Labute approximate surface area is 200 Å². The fourth-order valence-electron chi connectivity index (χ4n) is 4.56. The van der Waals surface area contributed by atoms with E-state index in [1.165, 1.54) is 71.3 Å². The molecule has 0 aromatic heterocycles. The minimum absolute atomic E-state index is 0.242. The number of benzene rings is 1. The first kappa shape index (κ1) is 27.2. The topological polar surface area (TPSA) is 78.9 Å². The van der Waals surface area contributed by atoms with Gasteiger partial charge in [0.05, 0.1) is 0 Å². The number of carboxylic acid groups (broad SMARTS) is 1. The Morgan fingerprint density at radius 3 is 1.88 bits per heavy atom. The average molecular weight is 461 g/mol. The second-order valence-corrected chi connectivity index (χ2v) is 10.5. The van der Waals surface area contributed by atoms with E-state index in [1.807, 2.05) is 30.3 Å². The first-order valence-electron chi connectivity index (χ1n) is 12.6. The highest BCUT2D eigenvalue weighted by molar-refractivity contribution is 5.80. The Hall–Kier alpha value is -2.08. The highest BCUT2D eigenvalue weighted by Crippen LogP contribution is 2.22. The molecule has 2 fully saturated rings. The Kier molecular flexibility index (Phi) is 11.2. The SMILES string of the molecule is C1CCC(NC2CCCCC2)CC1.CN(C(=O)OC(C)(C)C)[C@@H](Cc1ccccc1)C(=O)O. The molecular formula is C27H44N2O4. The molecule has 0 radical (unpaired) electrons. The Morgan fingerprint density at radius 1 is 0.970 bits per heavy atom. The van der Waals surface area contributed by atoms with Gasteiger partial charge in [-0.3, -0.25) is 4.90 Å². The molecule has 1 aromatic rings. The first-order chi connectivity index (χ1) is 15.7. The summed E-state index contributed by atoms with van der Waals surface area (Å²) in [6.45, 7) is 5.23. The maximum Gasteiger partial charge on any atom is 0.410 e. The first-order valence-corrected chi connectivity index (χ1v) is 12.6. The third kappa shape index (κ3) is 10.6. The summed E-state index contributed by atoms with van der Waals surface area (Å²) in [4.78, 5) is 24.4. The number of likely N-dealkylation sites (N-methyl/N-ethyl adjacent to an activating group) is 1. The molecule has 2 N–H and O–H groups in total. The van der Waals surface area contributed by atoms with Gasteiger partial charge in [-0.1, -0.05) is 68.9 Å². The third-order valence-electron chi connectivity index (χ3n) is 6.39. The van der Waals surface area contributed by atoms with E-state index in [4.69, 9.17) is 4.74 Å². The van der Waals surface area contributed by atoms with Crippen molar-refractivity contribution in [3.05, 3.63) is 35.9 Å². The van der Waals surface area contributed by atoms with Crippen LogP contribution in [-0.2, 0) is 16.0 Å². The largest absolute Gasteiger partial charge is 0.480 e. The summed E-state index contributed by atoms with van der Waals surface area (Å²) in [7, 11) is 1.44. The van der Waals surface area contributed by atoms with Crippen LogP contribution in [0.15, 0.2) is 30.3 Å². The predicted octanol–water partition coefficient (Wildman–Crippen LogP) is 5.79. The number of ether oxygens (including phenoxy) is 1. The minimum Gasteiger partial charge on any atom is -0.480 e. The average Bonchev–Trinajstić information content (AvgIpc) is 2.78. The van der Waals surface area contributed by atoms with E-state index in [1.54, 1.807) is 20.8 Å². The highest BCUT2D eigenvalue weighted by atomic mass is 16.6. The summed E-state index contributed by atoms with van der Waals surface area (Å²) in [6.07, 6.45) is 14.2. The van der Waals surface area contributed by atoms with Crippen LogP contribution in [0.25, 0.3) is 0 Å². The minimum atomic E-state index is -1.05. The fraction of sp³-hybridized carbons (Fsp3) is 0.704. The van der Waals surface area contributed by atoms with Crippen LogP contribution >= 0.6 is 0 Å². The standard InChI is InChI=1S/C15H21NO4.C12H23N/c1-15(2,3)20-14(19)16(4)12(13(17)18)10-11-8-6-5-7-9-11;1-3-7-11(8-4-1)13-12-9-5-2-6-10-12/h5-9,12H,10H2,1-4H3,(H,17,18);11-13H,1-10H2/t12-;/m0./s1. The summed E-state index contributed by atoms with van der Waals surface area (Å²) in [5, 5.41) is 13.2. The second-order valence-electron chi connectivity index (χ2n) is 10.5. The molecule has 0 saturated heterocycles. The van der Waals surface area contributed by atoms with Crippen molar-refractivity contribution >= 4 is 12.1 Å². The number of aliphatic carboxylic acids is 1. The van der Waals surface area contributed by atoms with E-state index >= 15 is 0 Å². The number of amides is 1. The lowest BCUT2D eigenvalue weighted by Gasteiger charge is -2.30. The van der Waals surface area contributed by atoms with Crippen molar-refractivity contribution in [1.82, 2.24) is 10.2 Å². The molecule has 33 heavy (non-hydrogen) atoms. The van der Waals surface area contributed by atoms with Crippen LogP contribution in [0.5, 0.6) is 0 Å². The van der Waals surface area contributed by atoms with Crippen molar-refractivity contribution in [2.45, 2.75) is 115 Å². The van der Waals surface area contributed by atoms with Gasteiger partial charge < -0.3 is 15.2 Å². The summed E-state index contributed by atoms with van der Waals surface area (Å²) < 4.78 is 5.19. The van der Waals surface area contributed by atoms with Crippen LogP contribution in [-0.4, -0.2) is 52.8 Å². The van der Waals surface area contributed by atoms with E-state index < -0.39 is 23.7 Å². The van der Waals surface area contributed by atoms with Crippen LogP contribution in [0, 0.1) is 0 Å². The molecule has 2 saturated carbocycles. The molecule has 2 aliphatic rings. The van der Waals surface area contributed by atoms with Crippen molar-refractivity contribution < 1.29 is 19.4 Å². The van der Waals surface area contributed by atoms with E-state index in [0.717, 1.165) is 22.5 Å². The summed E-state index contributed by atoms with van der Waals surface area (Å²) in [6, 6.07) is 9.99. The molecule has 1 aromatic carbocycles. The molecule has 1 atom stereocenters. The molecule has 0 heterocycles. The quantitative estimate of drug-likeness (QED) is 0.562. The van der Waals surface area contributed by atoms with Gasteiger partial charge in [0.2, 0.25) is 0 Å². The van der Waals surface area contributed by atoms with E-state index in [2.05, 4.69) is 5.32 Å². The van der Waals surface area contributed by atoms with Crippen molar-refractivity contribution in [3.8, 4) is 0 Å². The Morgan fingerprint density at radius 2 is 1.45 bits per heavy atom. The zero-order chi connectivity index (χ0) is 24.3. The Balaban J connectivity index is 0.000000254. The van der Waals surface area contributed by atoms with Gasteiger partial charge in [0.15, 0.2) is 0 Å². The molecule has 1 amide bonds. The Bertz CT molecular complexity index is 689. The second kappa shape index (κ2) is 13.6. The van der Waals surface area contributed by atoms with Crippen molar-refractivity contribution in [2.24, 2.45) is 0 Å². The molecule has 6 heteroatoms. The van der Waals surface area contributed by atoms with Gasteiger partial charge in [-0.25, -0.2) is 9.59 Å². The normalized spacial score (nSPS) is 18.5. The number of hydrogen-bond acceptors (Lipinski definition) is 4. The molecule has 0 unspecified atom stereocenters. The van der Waals surface area contributed by atoms with Crippen LogP contribution in [0.2, 0.25) is 0 Å². The van der Waals surface area contributed by atoms with Gasteiger partial charge >= 0.3 is 12.1 Å². The summed E-state index contributed by atoms with van der Waals surface area (Å²) in [5.74, 6) is -1.05. The number of nitrogens with zero attached hydrogens (tertiary/aromatic N) is 1. The third-order valence-corrected chi connectivity index (χ3v) is 6.39.